The summed E-state index contributed by atoms with van der Waals surface area (Å²) in [5, 5.41) is 8.80. The molecule has 2 aromatic heterocycles. The smallest absolute Gasteiger partial charge is 0.293 e. The van der Waals surface area contributed by atoms with E-state index in [1.165, 1.54) is 18.5 Å². The van der Waals surface area contributed by atoms with Gasteiger partial charge in [0.05, 0.1) is 23.8 Å². The van der Waals surface area contributed by atoms with Gasteiger partial charge in [-0.1, -0.05) is 0 Å². The number of nitrogens with zero attached hydrogens (tertiary/aromatic N) is 1. The molecule has 1 amide bonds. The fraction of sp³-hybridized carbons (Fsp3) is 0. The van der Waals surface area contributed by atoms with E-state index in [0.717, 1.165) is 0 Å². The third-order valence-electron chi connectivity index (χ3n) is 1.66. The first-order chi connectivity index (χ1) is 6.77. The highest BCUT2D eigenvalue weighted by Crippen LogP contribution is 2.14. The van der Waals surface area contributed by atoms with E-state index in [2.05, 4.69) is 15.5 Å². The minimum atomic E-state index is -0.395. The Morgan fingerprint density at radius 3 is 3.07 bits per heavy atom. The molecule has 0 radical (unpaired) electrons. The SMILES string of the molecule is Nc1ccoc1C(=O)Nc1cn[nH]c1. The van der Waals surface area contributed by atoms with Gasteiger partial charge >= 0.3 is 0 Å². The van der Waals surface area contributed by atoms with Crippen LogP contribution < -0.4 is 11.1 Å². The molecule has 0 aliphatic heterocycles. The summed E-state index contributed by atoms with van der Waals surface area (Å²) in [4.78, 5) is 11.5. The molecular formula is C8H8N4O2. The molecule has 72 valence electrons. The lowest BCUT2D eigenvalue weighted by Crippen LogP contribution is -2.11. The number of nitrogen functional groups attached to an aromatic ring is 1. The molecule has 0 aromatic carbocycles. The number of rotatable bonds is 2. The Kier molecular flexibility index (Phi) is 1.94. The van der Waals surface area contributed by atoms with Gasteiger partial charge in [-0.05, 0) is 0 Å². The first kappa shape index (κ1) is 8.36. The number of hydrogen-bond donors (Lipinski definition) is 3. The maximum atomic E-state index is 11.5. The number of H-pyrrole nitrogens is 1. The second kappa shape index (κ2) is 3.25. The molecule has 0 unspecified atom stereocenters. The van der Waals surface area contributed by atoms with Gasteiger partial charge in [-0.15, -0.1) is 0 Å². The molecule has 0 atom stereocenters. The van der Waals surface area contributed by atoms with Crippen LogP contribution >= 0.6 is 0 Å². The van der Waals surface area contributed by atoms with Gasteiger partial charge in [-0.2, -0.15) is 5.10 Å². The molecule has 0 saturated carbocycles. The minimum absolute atomic E-state index is 0.103. The summed E-state index contributed by atoms with van der Waals surface area (Å²) >= 11 is 0. The molecule has 14 heavy (non-hydrogen) atoms. The highest BCUT2D eigenvalue weighted by Gasteiger charge is 2.13. The number of amides is 1. The largest absolute Gasteiger partial charge is 0.457 e. The van der Waals surface area contributed by atoms with Gasteiger partial charge in [0, 0.05) is 12.3 Å². The van der Waals surface area contributed by atoms with Crippen LogP contribution in [0.3, 0.4) is 0 Å². The number of carbonyl (C=O) groups is 1. The third-order valence-corrected chi connectivity index (χ3v) is 1.66. The highest BCUT2D eigenvalue weighted by molar-refractivity contribution is 6.05. The van der Waals surface area contributed by atoms with Crippen LogP contribution in [0.15, 0.2) is 29.1 Å². The predicted molar refractivity (Wildman–Crippen MR) is 49.7 cm³/mol. The zero-order chi connectivity index (χ0) is 9.97. The lowest BCUT2D eigenvalue weighted by Gasteiger charge is -1.98. The van der Waals surface area contributed by atoms with Crippen molar-refractivity contribution in [1.29, 1.82) is 0 Å². The topological polar surface area (TPSA) is 96.9 Å². The van der Waals surface area contributed by atoms with Crippen LogP contribution in [0.2, 0.25) is 0 Å². The maximum Gasteiger partial charge on any atom is 0.293 e. The number of nitrogens with two attached hydrogens (primary N) is 1. The Bertz CT molecular complexity index is 432. The van der Waals surface area contributed by atoms with E-state index in [1.54, 1.807) is 6.20 Å². The molecule has 2 rings (SSSR count). The number of hydrogen-bond acceptors (Lipinski definition) is 4. The number of nitrogens with one attached hydrogen (secondary N) is 2. The number of aromatic amines is 1. The van der Waals surface area contributed by atoms with E-state index in [0.29, 0.717) is 11.4 Å². The summed E-state index contributed by atoms with van der Waals surface area (Å²) in [6, 6.07) is 1.52. The van der Waals surface area contributed by atoms with Crippen molar-refractivity contribution < 1.29 is 9.21 Å². The van der Waals surface area contributed by atoms with Crippen LogP contribution in [-0.4, -0.2) is 16.1 Å². The molecule has 4 N–H and O–H groups in total. The van der Waals surface area contributed by atoms with Crippen molar-refractivity contribution in [1.82, 2.24) is 10.2 Å². The monoisotopic (exact) mass is 192 g/mol. The van der Waals surface area contributed by atoms with E-state index >= 15 is 0 Å². The van der Waals surface area contributed by atoms with Crippen molar-refractivity contribution in [3.8, 4) is 0 Å². The number of carbonyl (C=O) groups excluding carboxylic acids is 1. The van der Waals surface area contributed by atoms with Crippen molar-refractivity contribution in [3.63, 3.8) is 0 Å². The van der Waals surface area contributed by atoms with E-state index in [-0.39, 0.29) is 5.76 Å². The summed E-state index contributed by atoms with van der Waals surface area (Å²) in [7, 11) is 0. The molecule has 0 saturated heterocycles. The minimum Gasteiger partial charge on any atom is -0.457 e. The fourth-order valence-electron chi connectivity index (χ4n) is 1.01. The summed E-state index contributed by atoms with van der Waals surface area (Å²) < 4.78 is 4.91. The van der Waals surface area contributed by atoms with Crippen LogP contribution in [0, 0.1) is 0 Å². The summed E-state index contributed by atoms with van der Waals surface area (Å²) in [5.74, 6) is -0.292. The first-order valence-corrected chi connectivity index (χ1v) is 3.90. The fourth-order valence-corrected chi connectivity index (χ4v) is 1.01. The number of anilines is 2. The van der Waals surface area contributed by atoms with Gasteiger partial charge in [0.15, 0.2) is 0 Å². The van der Waals surface area contributed by atoms with E-state index in [4.69, 9.17) is 10.2 Å². The molecule has 6 nitrogen and oxygen atoms in total. The van der Waals surface area contributed by atoms with Crippen LogP contribution in [0.5, 0.6) is 0 Å². The average Bonchev–Trinajstić information content (AvgIpc) is 2.75. The van der Waals surface area contributed by atoms with Crippen molar-refractivity contribution in [3.05, 3.63) is 30.5 Å². The van der Waals surface area contributed by atoms with Crippen molar-refractivity contribution in [2.45, 2.75) is 0 Å². The second-order valence-corrected chi connectivity index (χ2v) is 2.65. The Morgan fingerprint density at radius 2 is 2.50 bits per heavy atom. The third kappa shape index (κ3) is 1.45. The summed E-state index contributed by atoms with van der Waals surface area (Å²) in [5.41, 5.74) is 6.36. The molecule has 0 fully saturated rings. The maximum absolute atomic E-state index is 11.5. The zero-order valence-electron chi connectivity index (χ0n) is 7.15. The van der Waals surface area contributed by atoms with Gasteiger partial charge in [0.25, 0.3) is 5.91 Å². The van der Waals surface area contributed by atoms with Crippen LogP contribution in [-0.2, 0) is 0 Å². The van der Waals surface area contributed by atoms with Gasteiger partial charge in [0.2, 0.25) is 5.76 Å². The molecule has 0 spiro atoms. The van der Waals surface area contributed by atoms with Gasteiger partial charge in [-0.3, -0.25) is 9.89 Å². The molecule has 2 heterocycles. The Hall–Kier alpha value is -2.24. The van der Waals surface area contributed by atoms with Crippen LogP contribution in [0.4, 0.5) is 11.4 Å². The van der Waals surface area contributed by atoms with Gasteiger partial charge in [0.1, 0.15) is 0 Å². The van der Waals surface area contributed by atoms with Crippen LogP contribution in [0.25, 0.3) is 0 Å². The van der Waals surface area contributed by atoms with Crippen molar-refractivity contribution in [2.75, 3.05) is 11.1 Å². The first-order valence-electron chi connectivity index (χ1n) is 3.90. The highest BCUT2D eigenvalue weighted by atomic mass is 16.3. The number of furan rings is 1. The molecule has 0 bridgehead atoms. The average molecular weight is 192 g/mol. The Labute approximate surface area is 79.1 Å². The Morgan fingerprint density at radius 1 is 1.64 bits per heavy atom. The quantitative estimate of drug-likeness (QED) is 0.656. The van der Waals surface area contributed by atoms with Gasteiger partial charge in [-0.25, -0.2) is 0 Å². The zero-order valence-corrected chi connectivity index (χ0v) is 7.15. The van der Waals surface area contributed by atoms with Gasteiger partial charge < -0.3 is 15.5 Å². The molecule has 6 heteroatoms. The molecule has 0 aliphatic rings. The Balaban J connectivity index is 2.14. The normalized spacial score (nSPS) is 10.0. The summed E-state index contributed by atoms with van der Waals surface area (Å²) in [6.07, 6.45) is 4.40. The second-order valence-electron chi connectivity index (χ2n) is 2.65. The lowest BCUT2D eigenvalue weighted by molar-refractivity contribution is 0.0998. The molecule has 0 aliphatic carbocycles. The summed E-state index contributed by atoms with van der Waals surface area (Å²) in [6.45, 7) is 0. The molecular weight excluding hydrogens is 184 g/mol. The predicted octanol–water partition coefficient (Wildman–Crippen LogP) is 0.837. The molecule has 2 aromatic rings. The number of aromatic nitrogens is 2. The van der Waals surface area contributed by atoms with Crippen LogP contribution in [0.1, 0.15) is 10.6 Å². The van der Waals surface area contributed by atoms with Crippen molar-refractivity contribution in [2.24, 2.45) is 0 Å². The van der Waals surface area contributed by atoms with E-state index in [9.17, 15) is 4.79 Å². The lowest BCUT2D eigenvalue weighted by atomic mass is 10.3. The van der Waals surface area contributed by atoms with E-state index < -0.39 is 5.91 Å². The van der Waals surface area contributed by atoms with E-state index in [1.807, 2.05) is 0 Å². The standard InChI is InChI=1S/C8H8N4O2/c9-6-1-2-14-7(6)8(13)12-5-3-10-11-4-5/h1-4H,9H2,(H,10,11)(H,12,13). The van der Waals surface area contributed by atoms with Crippen molar-refractivity contribution >= 4 is 17.3 Å².